The number of benzene rings is 1. The maximum absolute atomic E-state index is 9.78. The Balaban J connectivity index is 3.27. The van der Waals surface area contributed by atoms with Crippen LogP contribution in [0, 0.1) is 14.9 Å². The van der Waals surface area contributed by atoms with Gasteiger partial charge in [-0.15, -0.1) is 0 Å². The molecule has 0 unspecified atom stereocenters. The highest BCUT2D eigenvalue weighted by atomic mass is 127. The van der Waals surface area contributed by atoms with E-state index in [9.17, 15) is 5.11 Å². The van der Waals surface area contributed by atoms with Crippen molar-refractivity contribution in [3.8, 4) is 17.6 Å². The molecule has 0 saturated carbocycles. The summed E-state index contributed by atoms with van der Waals surface area (Å²) in [4.78, 5) is 0.0403. The molecule has 94 valence electrons. The van der Waals surface area contributed by atoms with E-state index in [1.165, 1.54) is 0 Å². The monoisotopic (exact) mass is 374 g/mol. The minimum Gasteiger partial charge on any atom is -0.504 e. The second kappa shape index (κ2) is 6.56. The molecule has 0 atom stereocenters. The molecule has 0 spiro atoms. The Morgan fingerprint density at radius 1 is 1.67 bits per heavy atom. The van der Waals surface area contributed by atoms with Crippen molar-refractivity contribution in [2.75, 3.05) is 6.61 Å². The summed E-state index contributed by atoms with van der Waals surface area (Å²) in [6, 6.07) is 5.28. The molecular formula is C12H11IN2O2S. The SMILES string of the molecule is CCOc1cc(/C=C(\C#N)C(N)=S)cc(I)c1O. The van der Waals surface area contributed by atoms with E-state index < -0.39 is 0 Å². The maximum atomic E-state index is 9.78. The fourth-order valence-corrected chi connectivity index (χ4v) is 2.00. The van der Waals surface area contributed by atoms with Gasteiger partial charge in [-0.25, -0.2) is 0 Å². The number of rotatable bonds is 4. The van der Waals surface area contributed by atoms with E-state index in [1.807, 2.05) is 35.6 Å². The van der Waals surface area contributed by atoms with Crippen LogP contribution >= 0.6 is 34.8 Å². The van der Waals surface area contributed by atoms with Crippen LogP contribution in [-0.2, 0) is 0 Å². The zero-order valence-corrected chi connectivity index (χ0v) is 12.6. The van der Waals surface area contributed by atoms with Crippen LogP contribution < -0.4 is 10.5 Å². The Labute approximate surface area is 124 Å². The number of hydrogen-bond donors (Lipinski definition) is 2. The van der Waals surface area contributed by atoms with Crippen molar-refractivity contribution in [2.24, 2.45) is 5.73 Å². The van der Waals surface area contributed by atoms with Crippen LogP contribution in [0.5, 0.6) is 11.5 Å². The molecule has 1 aromatic rings. The molecule has 0 heterocycles. The summed E-state index contributed by atoms with van der Waals surface area (Å²) in [7, 11) is 0. The predicted molar refractivity (Wildman–Crippen MR) is 82.4 cm³/mol. The Morgan fingerprint density at radius 3 is 2.83 bits per heavy atom. The van der Waals surface area contributed by atoms with Gasteiger partial charge in [-0.2, -0.15) is 5.26 Å². The minimum absolute atomic E-state index is 0.0403. The average molecular weight is 374 g/mol. The molecule has 0 fully saturated rings. The van der Waals surface area contributed by atoms with Gasteiger partial charge in [0.2, 0.25) is 0 Å². The lowest BCUT2D eigenvalue weighted by Gasteiger charge is -2.08. The normalized spacial score (nSPS) is 10.8. The number of phenolic OH excluding ortho intramolecular Hbond substituents is 1. The quantitative estimate of drug-likeness (QED) is 0.367. The van der Waals surface area contributed by atoms with Gasteiger partial charge in [0.05, 0.1) is 15.8 Å². The highest BCUT2D eigenvalue weighted by Crippen LogP contribution is 2.33. The minimum atomic E-state index is 0.0403. The summed E-state index contributed by atoms with van der Waals surface area (Å²) in [5, 5.41) is 18.7. The van der Waals surface area contributed by atoms with Crippen LogP contribution in [0.1, 0.15) is 12.5 Å². The third-order valence-corrected chi connectivity index (χ3v) is 3.09. The van der Waals surface area contributed by atoms with Gasteiger partial charge in [-0.3, -0.25) is 0 Å². The Kier molecular flexibility index (Phi) is 5.37. The van der Waals surface area contributed by atoms with E-state index in [1.54, 1.807) is 18.2 Å². The fraction of sp³-hybridized carbons (Fsp3) is 0.167. The number of halogens is 1. The zero-order chi connectivity index (χ0) is 13.7. The number of nitrogens with zero attached hydrogens (tertiary/aromatic N) is 1. The van der Waals surface area contributed by atoms with Crippen molar-refractivity contribution in [1.82, 2.24) is 0 Å². The Bertz CT molecular complexity index is 550. The number of nitrogens with two attached hydrogens (primary N) is 1. The fourth-order valence-electron chi connectivity index (χ4n) is 1.27. The number of hydrogen-bond acceptors (Lipinski definition) is 4. The molecule has 18 heavy (non-hydrogen) atoms. The smallest absolute Gasteiger partial charge is 0.171 e. The third kappa shape index (κ3) is 3.58. The van der Waals surface area contributed by atoms with Crippen LogP contribution in [-0.4, -0.2) is 16.7 Å². The molecule has 0 radical (unpaired) electrons. The molecule has 0 aliphatic carbocycles. The highest BCUT2D eigenvalue weighted by molar-refractivity contribution is 14.1. The molecule has 6 heteroatoms. The molecule has 1 rings (SSSR count). The van der Waals surface area contributed by atoms with Gasteiger partial charge < -0.3 is 15.6 Å². The number of ether oxygens (including phenoxy) is 1. The van der Waals surface area contributed by atoms with E-state index in [-0.39, 0.29) is 16.3 Å². The van der Waals surface area contributed by atoms with Gasteiger partial charge in [0.1, 0.15) is 11.1 Å². The Hall–Kier alpha value is -1.33. The van der Waals surface area contributed by atoms with Crippen molar-refractivity contribution >= 4 is 45.9 Å². The van der Waals surface area contributed by atoms with Gasteiger partial charge in [0, 0.05) is 0 Å². The van der Waals surface area contributed by atoms with E-state index >= 15 is 0 Å². The summed E-state index contributed by atoms with van der Waals surface area (Å²) >= 11 is 6.75. The van der Waals surface area contributed by atoms with Gasteiger partial charge in [-0.1, -0.05) is 12.2 Å². The van der Waals surface area contributed by atoms with Crippen LogP contribution in [0.3, 0.4) is 0 Å². The second-order valence-corrected chi connectivity index (χ2v) is 4.92. The number of aromatic hydroxyl groups is 1. The lowest BCUT2D eigenvalue weighted by atomic mass is 10.1. The van der Waals surface area contributed by atoms with Crippen LogP contribution in [0.2, 0.25) is 0 Å². The first-order chi connectivity index (χ1) is 8.49. The van der Waals surface area contributed by atoms with Crippen molar-refractivity contribution in [3.63, 3.8) is 0 Å². The summed E-state index contributed by atoms with van der Waals surface area (Å²) < 4.78 is 5.93. The predicted octanol–water partition coefficient (Wildman–Crippen LogP) is 2.59. The van der Waals surface area contributed by atoms with Crippen molar-refractivity contribution < 1.29 is 9.84 Å². The lowest BCUT2D eigenvalue weighted by Crippen LogP contribution is -2.09. The lowest BCUT2D eigenvalue weighted by molar-refractivity contribution is 0.317. The van der Waals surface area contributed by atoms with Gasteiger partial charge in [0.25, 0.3) is 0 Å². The standard InChI is InChI=1S/C12H11IN2O2S/c1-2-17-10-5-7(4-9(13)11(10)16)3-8(6-14)12(15)18/h3-5,16H,2H2,1H3,(H2,15,18)/b8-3+. The number of nitriles is 1. The van der Waals surface area contributed by atoms with Crippen molar-refractivity contribution in [2.45, 2.75) is 6.92 Å². The first-order valence-electron chi connectivity index (χ1n) is 5.06. The van der Waals surface area contributed by atoms with Crippen LogP contribution in [0.4, 0.5) is 0 Å². The summed E-state index contributed by atoms with van der Waals surface area (Å²) in [5.74, 6) is 0.458. The summed E-state index contributed by atoms with van der Waals surface area (Å²) in [6.45, 7) is 2.27. The van der Waals surface area contributed by atoms with Gasteiger partial charge in [-0.05, 0) is 53.3 Å². The van der Waals surface area contributed by atoms with E-state index in [0.29, 0.717) is 21.5 Å². The molecule has 0 aliphatic heterocycles. The molecule has 3 N–H and O–H groups in total. The third-order valence-electron chi connectivity index (χ3n) is 2.05. The van der Waals surface area contributed by atoms with Gasteiger partial charge in [0.15, 0.2) is 11.5 Å². The molecule has 1 aromatic carbocycles. The Morgan fingerprint density at radius 2 is 2.33 bits per heavy atom. The number of phenols is 1. The van der Waals surface area contributed by atoms with E-state index in [0.717, 1.165) is 0 Å². The van der Waals surface area contributed by atoms with Crippen LogP contribution in [0.25, 0.3) is 6.08 Å². The molecule has 4 nitrogen and oxygen atoms in total. The second-order valence-electron chi connectivity index (χ2n) is 3.32. The largest absolute Gasteiger partial charge is 0.504 e. The van der Waals surface area contributed by atoms with E-state index in [4.69, 9.17) is 28.0 Å². The van der Waals surface area contributed by atoms with Crippen molar-refractivity contribution in [3.05, 3.63) is 26.8 Å². The number of thiocarbonyl (C=S) groups is 1. The van der Waals surface area contributed by atoms with E-state index in [2.05, 4.69) is 0 Å². The first-order valence-corrected chi connectivity index (χ1v) is 6.55. The van der Waals surface area contributed by atoms with Crippen molar-refractivity contribution in [1.29, 1.82) is 5.26 Å². The molecule has 0 bridgehead atoms. The molecule has 0 amide bonds. The average Bonchev–Trinajstić information content (AvgIpc) is 2.32. The highest BCUT2D eigenvalue weighted by Gasteiger charge is 2.09. The first kappa shape index (κ1) is 14.7. The molecule has 0 aromatic heterocycles. The van der Waals surface area contributed by atoms with Gasteiger partial charge >= 0.3 is 0 Å². The maximum Gasteiger partial charge on any atom is 0.171 e. The molecule has 0 aliphatic rings. The molecular weight excluding hydrogens is 363 g/mol. The summed E-state index contributed by atoms with van der Waals surface area (Å²) in [6.07, 6.45) is 1.56. The topological polar surface area (TPSA) is 79.3 Å². The zero-order valence-electron chi connectivity index (χ0n) is 9.61. The van der Waals surface area contributed by atoms with Crippen LogP contribution in [0.15, 0.2) is 17.7 Å². The summed E-state index contributed by atoms with van der Waals surface area (Å²) in [5.41, 5.74) is 6.33. The molecule has 0 saturated heterocycles.